The minimum absolute atomic E-state index is 0.590. The lowest BCUT2D eigenvalue weighted by Crippen LogP contribution is -2.37. The third kappa shape index (κ3) is 2.23. The first-order valence-corrected chi connectivity index (χ1v) is 5.89. The fourth-order valence-electron chi connectivity index (χ4n) is 2.27. The molecule has 0 aromatic carbocycles. The Balaban J connectivity index is 1.92. The summed E-state index contributed by atoms with van der Waals surface area (Å²) >= 11 is 0. The highest BCUT2D eigenvalue weighted by Gasteiger charge is 2.34. The monoisotopic (exact) mass is 207 g/mol. The molecule has 0 radical (unpaired) electrons. The van der Waals surface area contributed by atoms with Crippen molar-refractivity contribution in [1.29, 1.82) is 0 Å². The van der Waals surface area contributed by atoms with Gasteiger partial charge in [0.15, 0.2) is 0 Å². The van der Waals surface area contributed by atoms with Crippen LogP contribution in [0.3, 0.4) is 0 Å². The molecule has 0 amide bonds. The zero-order valence-electron chi connectivity index (χ0n) is 9.90. The molecule has 2 atom stereocenters. The summed E-state index contributed by atoms with van der Waals surface area (Å²) in [6, 6.07) is 0.590. The third-order valence-electron chi connectivity index (χ3n) is 3.40. The molecule has 1 aliphatic rings. The molecule has 1 saturated carbocycles. The van der Waals surface area contributed by atoms with Gasteiger partial charge in [-0.2, -0.15) is 0 Å². The van der Waals surface area contributed by atoms with Crippen molar-refractivity contribution in [3.8, 4) is 0 Å². The van der Waals surface area contributed by atoms with Crippen LogP contribution in [-0.2, 0) is 7.05 Å². The summed E-state index contributed by atoms with van der Waals surface area (Å²) in [5, 5.41) is 3.52. The van der Waals surface area contributed by atoms with Crippen molar-refractivity contribution >= 4 is 0 Å². The van der Waals surface area contributed by atoms with Gasteiger partial charge >= 0.3 is 0 Å². The first-order valence-electron chi connectivity index (χ1n) is 5.89. The molecule has 15 heavy (non-hydrogen) atoms. The fraction of sp³-hybridized carbons (Fsp3) is 0.750. The molecule has 3 nitrogen and oxygen atoms in total. The van der Waals surface area contributed by atoms with Gasteiger partial charge in [0, 0.05) is 31.4 Å². The Morgan fingerprint density at radius 3 is 2.80 bits per heavy atom. The Morgan fingerprint density at radius 2 is 2.33 bits per heavy atom. The van der Waals surface area contributed by atoms with E-state index in [1.807, 2.05) is 12.4 Å². The molecule has 0 saturated heterocycles. The molecule has 1 aliphatic carbocycles. The number of nitrogens with zero attached hydrogens (tertiary/aromatic N) is 2. The van der Waals surface area contributed by atoms with E-state index < -0.39 is 0 Å². The number of rotatable bonds is 4. The average Bonchev–Trinajstić information content (AvgIpc) is 2.50. The van der Waals surface area contributed by atoms with Gasteiger partial charge in [-0.1, -0.05) is 13.8 Å². The molecule has 1 fully saturated rings. The largest absolute Gasteiger partial charge is 0.338 e. The van der Waals surface area contributed by atoms with Crippen LogP contribution in [0.1, 0.15) is 38.4 Å². The minimum Gasteiger partial charge on any atom is -0.338 e. The summed E-state index contributed by atoms with van der Waals surface area (Å²) in [6.45, 7) is 5.54. The average molecular weight is 207 g/mol. The van der Waals surface area contributed by atoms with Gasteiger partial charge in [0.25, 0.3) is 0 Å². The highest BCUT2D eigenvalue weighted by Crippen LogP contribution is 2.41. The summed E-state index contributed by atoms with van der Waals surface area (Å²) in [5.41, 5.74) is 0. The highest BCUT2D eigenvalue weighted by atomic mass is 15.0. The molecule has 1 heterocycles. The van der Waals surface area contributed by atoms with Crippen molar-refractivity contribution in [1.82, 2.24) is 14.9 Å². The van der Waals surface area contributed by atoms with Crippen LogP contribution in [0.4, 0.5) is 0 Å². The topological polar surface area (TPSA) is 29.9 Å². The SMILES string of the molecule is CC(C)NCC1CCC1c1nccn1C. The molecular formula is C12H21N3. The first-order chi connectivity index (χ1) is 7.18. The predicted molar refractivity (Wildman–Crippen MR) is 61.8 cm³/mol. The van der Waals surface area contributed by atoms with E-state index in [0.29, 0.717) is 12.0 Å². The molecule has 3 heteroatoms. The van der Waals surface area contributed by atoms with Gasteiger partial charge in [-0.25, -0.2) is 4.98 Å². The molecule has 1 aromatic rings. The van der Waals surface area contributed by atoms with Crippen molar-refractivity contribution in [2.75, 3.05) is 6.54 Å². The van der Waals surface area contributed by atoms with E-state index in [0.717, 1.165) is 12.5 Å². The van der Waals surface area contributed by atoms with E-state index in [4.69, 9.17) is 0 Å². The molecule has 2 rings (SSSR count). The molecule has 1 aromatic heterocycles. The van der Waals surface area contributed by atoms with Gasteiger partial charge in [0.1, 0.15) is 5.82 Å². The second-order valence-electron chi connectivity index (χ2n) is 4.90. The van der Waals surface area contributed by atoms with Crippen LogP contribution in [-0.4, -0.2) is 22.1 Å². The Kier molecular flexibility index (Phi) is 3.10. The quantitative estimate of drug-likeness (QED) is 0.817. The van der Waals surface area contributed by atoms with Crippen LogP contribution >= 0.6 is 0 Å². The number of nitrogens with one attached hydrogen (secondary N) is 1. The number of aromatic nitrogens is 2. The number of imidazole rings is 1. The van der Waals surface area contributed by atoms with Crippen LogP contribution in [0.2, 0.25) is 0 Å². The van der Waals surface area contributed by atoms with Crippen molar-refractivity contribution in [2.45, 2.75) is 38.6 Å². The van der Waals surface area contributed by atoms with E-state index in [-0.39, 0.29) is 0 Å². The summed E-state index contributed by atoms with van der Waals surface area (Å²) < 4.78 is 2.16. The van der Waals surface area contributed by atoms with Gasteiger partial charge < -0.3 is 9.88 Å². The lowest BCUT2D eigenvalue weighted by atomic mass is 9.73. The first kappa shape index (κ1) is 10.7. The van der Waals surface area contributed by atoms with E-state index in [9.17, 15) is 0 Å². The lowest BCUT2D eigenvalue weighted by Gasteiger charge is -2.36. The second kappa shape index (κ2) is 4.35. The summed E-state index contributed by atoms with van der Waals surface area (Å²) in [5.74, 6) is 2.72. The van der Waals surface area contributed by atoms with Gasteiger partial charge in [0.2, 0.25) is 0 Å². The second-order valence-corrected chi connectivity index (χ2v) is 4.90. The summed E-state index contributed by atoms with van der Waals surface area (Å²) in [6.07, 6.45) is 6.59. The maximum atomic E-state index is 4.45. The normalized spacial score (nSPS) is 25.6. The van der Waals surface area contributed by atoms with Crippen LogP contribution in [0, 0.1) is 5.92 Å². The van der Waals surface area contributed by atoms with E-state index in [2.05, 4.69) is 35.8 Å². The fourth-order valence-corrected chi connectivity index (χ4v) is 2.27. The van der Waals surface area contributed by atoms with Gasteiger partial charge in [0.05, 0.1) is 0 Å². The maximum Gasteiger partial charge on any atom is 0.111 e. The van der Waals surface area contributed by atoms with E-state index in [1.165, 1.54) is 18.7 Å². The Hall–Kier alpha value is -0.830. The van der Waals surface area contributed by atoms with Crippen molar-refractivity contribution in [3.63, 3.8) is 0 Å². The molecule has 84 valence electrons. The summed E-state index contributed by atoms with van der Waals surface area (Å²) in [4.78, 5) is 4.45. The van der Waals surface area contributed by atoms with Gasteiger partial charge in [-0.05, 0) is 25.3 Å². The van der Waals surface area contributed by atoms with E-state index in [1.54, 1.807) is 0 Å². The molecule has 0 aliphatic heterocycles. The van der Waals surface area contributed by atoms with Crippen molar-refractivity contribution < 1.29 is 0 Å². The predicted octanol–water partition coefficient (Wildman–Crippen LogP) is 1.91. The van der Waals surface area contributed by atoms with Gasteiger partial charge in [-0.3, -0.25) is 0 Å². The van der Waals surface area contributed by atoms with Crippen LogP contribution in [0.15, 0.2) is 12.4 Å². The standard InChI is InChI=1S/C12H21N3/c1-9(2)14-8-10-4-5-11(10)12-13-6-7-15(12)3/h6-7,9-11,14H,4-5,8H2,1-3H3. The Bertz CT molecular complexity index is 316. The molecule has 2 unspecified atom stereocenters. The lowest BCUT2D eigenvalue weighted by molar-refractivity contribution is 0.228. The minimum atomic E-state index is 0.590. The number of aryl methyl sites for hydroxylation is 1. The van der Waals surface area contributed by atoms with Crippen LogP contribution in [0.25, 0.3) is 0 Å². The zero-order valence-corrected chi connectivity index (χ0v) is 9.90. The molecule has 0 bridgehead atoms. The Labute approximate surface area is 91.9 Å². The number of hydrogen-bond acceptors (Lipinski definition) is 2. The molecule has 0 spiro atoms. The van der Waals surface area contributed by atoms with E-state index >= 15 is 0 Å². The smallest absolute Gasteiger partial charge is 0.111 e. The zero-order chi connectivity index (χ0) is 10.8. The molecule has 1 N–H and O–H groups in total. The van der Waals surface area contributed by atoms with Crippen molar-refractivity contribution in [2.24, 2.45) is 13.0 Å². The van der Waals surface area contributed by atoms with Crippen LogP contribution < -0.4 is 5.32 Å². The van der Waals surface area contributed by atoms with Crippen LogP contribution in [0.5, 0.6) is 0 Å². The molecular weight excluding hydrogens is 186 g/mol. The van der Waals surface area contributed by atoms with Crippen molar-refractivity contribution in [3.05, 3.63) is 18.2 Å². The van der Waals surface area contributed by atoms with Gasteiger partial charge in [-0.15, -0.1) is 0 Å². The Morgan fingerprint density at radius 1 is 1.53 bits per heavy atom. The number of hydrogen-bond donors (Lipinski definition) is 1. The highest BCUT2D eigenvalue weighted by molar-refractivity contribution is 5.07. The summed E-state index contributed by atoms with van der Waals surface area (Å²) in [7, 11) is 2.09. The maximum absolute atomic E-state index is 4.45. The third-order valence-corrected chi connectivity index (χ3v) is 3.40.